The van der Waals surface area contributed by atoms with E-state index < -0.39 is 11.6 Å². The molecule has 6 N–H and O–H groups in total. The molecule has 0 fully saturated rings. The van der Waals surface area contributed by atoms with E-state index in [0.29, 0.717) is 12.8 Å². The van der Waals surface area contributed by atoms with E-state index in [1.807, 2.05) is 127 Å². The Balaban J connectivity index is 0.000000204. The molecule has 0 saturated heterocycles. The van der Waals surface area contributed by atoms with Crippen molar-refractivity contribution in [3.63, 3.8) is 0 Å². The van der Waals surface area contributed by atoms with Crippen molar-refractivity contribution < 1.29 is 10.2 Å². The van der Waals surface area contributed by atoms with Gasteiger partial charge in [-0.15, -0.1) is 0 Å². The zero-order valence-corrected chi connectivity index (χ0v) is 21.5. The molecule has 0 amide bonds. The second-order valence-corrected chi connectivity index (χ2v) is 9.71. The molecule has 2 atom stereocenters. The third-order valence-corrected chi connectivity index (χ3v) is 6.84. The Morgan fingerprint density at radius 2 is 1.03 bits per heavy atom. The molecule has 4 heteroatoms. The van der Waals surface area contributed by atoms with Crippen LogP contribution in [0.15, 0.2) is 133 Å². The summed E-state index contributed by atoms with van der Waals surface area (Å²) < 4.78 is 0. The van der Waals surface area contributed by atoms with Crippen LogP contribution in [0.3, 0.4) is 0 Å². The van der Waals surface area contributed by atoms with Crippen LogP contribution in [0.2, 0.25) is 0 Å². The van der Waals surface area contributed by atoms with Gasteiger partial charge in [0.2, 0.25) is 0 Å². The van der Waals surface area contributed by atoms with Gasteiger partial charge in [0.25, 0.3) is 0 Å². The average Bonchev–Trinajstić information content (AvgIpc) is 2.98. The summed E-state index contributed by atoms with van der Waals surface area (Å²) in [5.41, 5.74) is 15.3. The van der Waals surface area contributed by atoms with E-state index in [1.54, 1.807) is 0 Å². The maximum atomic E-state index is 11.5. The highest BCUT2D eigenvalue weighted by molar-refractivity contribution is 5.83. The molecule has 0 aromatic heterocycles. The fourth-order valence-electron chi connectivity index (χ4n) is 4.70. The molecule has 2 unspecified atom stereocenters. The van der Waals surface area contributed by atoms with E-state index in [-0.39, 0.29) is 12.6 Å². The van der Waals surface area contributed by atoms with Crippen molar-refractivity contribution >= 4 is 10.8 Å². The highest BCUT2D eigenvalue weighted by Gasteiger charge is 2.35. The van der Waals surface area contributed by atoms with E-state index in [2.05, 4.69) is 6.07 Å². The molecule has 5 aromatic rings. The standard InChI is InChI=1S/C22H23NO.C12H13NO/c23-21(20-14-8-3-9-15-20)22(24,16-18-10-4-1-5-11-18)17-19-12-6-2-7-13-19;13-12(8-14)11-6-5-9-3-1-2-4-10(9)7-11/h1-15,21,24H,16-17,23H2;1-7,12,14H,8,13H2. The zero-order chi connectivity index (χ0) is 26.8. The Morgan fingerprint density at radius 1 is 0.553 bits per heavy atom. The molecule has 5 rings (SSSR count). The Morgan fingerprint density at radius 3 is 1.55 bits per heavy atom. The van der Waals surface area contributed by atoms with Crippen LogP contribution in [0.4, 0.5) is 0 Å². The number of aliphatic hydroxyl groups is 2. The topological polar surface area (TPSA) is 92.5 Å². The molecule has 0 aliphatic carbocycles. The maximum absolute atomic E-state index is 11.5. The van der Waals surface area contributed by atoms with Gasteiger partial charge in [0.05, 0.1) is 24.3 Å². The van der Waals surface area contributed by atoms with E-state index in [9.17, 15) is 5.11 Å². The summed E-state index contributed by atoms with van der Waals surface area (Å²) in [6.45, 7) is -0.0155. The van der Waals surface area contributed by atoms with Crippen molar-refractivity contribution in [1.29, 1.82) is 0 Å². The number of hydrogen-bond donors (Lipinski definition) is 4. The SMILES string of the molecule is NC(CO)c1ccc2ccccc2c1.NC(c1ccccc1)C(O)(Cc1ccccc1)Cc1ccccc1. The Kier molecular flexibility index (Phi) is 9.41. The first kappa shape index (κ1) is 27.2. The summed E-state index contributed by atoms with van der Waals surface area (Å²) in [5, 5.41) is 22.8. The van der Waals surface area contributed by atoms with E-state index in [4.69, 9.17) is 16.6 Å². The van der Waals surface area contributed by atoms with E-state index >= 15 is 0 Å². The molecule has 0 saturated carbocycles. The number of fused-ring (bicyclic) bond motifs is 1. The number of aliphatic hydroxyl groups excluding tert-OH is 1. The van der Waals surface area contributed by atoms with Gasteiger partial charge in [-0.05, 0) is 39.1 Å². The van der Waals surface area contributed by atoms with Crippen LogP contribution in [0.25, 0.3) is 10.8 Å². The predicted molar refractivity (Wildman–Crippen MR) is 157 cm³/mol. The molecule has 38 heavy (non-hydrogen) atoms. The molecular weight excluding hydrogens is 468 g/mol. The maximum Gasteiger partial charge on any atom is 0.0919 e. The second-order valence-electron chi connectivity index (χ2n) is 9.71. The molecule has 0 radical (unpaired) electrons. The lowest BCUT2D eigenvalue weighted by atomic mass is 9.79. The van der Waals surface area contributed by atoms with Gasteiger partial charge in [-0.3, -0.25) is 0 Å². The molecule has 4 nitrogen and oxygen atoms in total. The van der Waals surface area contributed by atoms with E-state index in [0.717, 1.165) is 27.6 Å². The molecular formula is C34H36N2O2. The minimum absolute atomic E-state index is 0.0155. The van der Waals surface area contributed by atoms with Crippen LogP contribution in [0, 0.1) is 0 Å². The van der Waals surface area contributed by atoms with Gasteiger partial charge in [0.15, 0.2) is 0 Å². The van der Waals surface area contributed by atoms with Crippen molar-refractivity contribution in [2.45, 2.75) is 30.5 Å². The van der Waals surface area contributed by atoms with Crippen molar-refractivity contribution in [2.24, 2.45) is 11.5 Å². The number of rotatable bonds is 8. The van der Waals surface area contributed by atoms with Crippen LogP contribution in [-0.4, -0.2) is 22.4 Å². The smallest absolute Gasteiger partial charge is 0.0919 e. The third kappa shape index (κ3) is 7.15. The number of nitrogens with two attached hydrogens (primary N) is 2. The van der Waals surface area contributed by atoms with Crippen LogP contribution in [0.5, 0.6) is 0 Å². The molecule has 0 spiro atoms. The summed E-state index contributed by atoms with van der Waals surface area (Å²) in [5.74, 6) is 0. The quantitative estimate of drug-likeness (QED) is 0.217. The molecule has 194 valence electrons. The predicted octanol–water partition coefficient (Wildman–Crippen LogP) is 5.73. The van der Waals surface area contributed by atoms with Crippen LogP contribution in [0.1, 0.15) is 34.3 Å². The summed E-state index contributed by atoms with van der Waals surface area (Å²) in [4.78, 5) is 0. The van der Waals surface area contributed by atoms with Gasteiger partial charge >= 0.3 is 0 Å². The zero-order valence-electron chi connectivity index (χ0n) is 21.5. The van der Waals surface area contributed by atoms with Crippen molar-refractivity contribution in [3.05, 3.63) is 156 Å². The van der Waals surface area contributed by atoms with E-state index in [1.165, 1.54) is 5.39 Å². The molecule has 0 heterocycles. The first-order valence-corrected chi connectivity index (χ1v) is 12.9. The van der Waals surface area contributed by atoms with Crippen LogP contribution in [-0.2, 0) is 12.8 Å². The Hall–Kier alpha value is -3.80. The molecule has 0 aliphatic rings. The monoisotopic (exact) mass is 504 g/mol. The minimum atomic E-state index is -1.05. The van der Waals surface area contributed by atoms with Gasteiger partial charge in [-0.2, -0.15) is 0 Å². The van der Waals surface area contributed by atoms with Gasteiger partial charge in [0, 0.05) is 12.8 Å². The highest BCUT2D eigenvalue weighted by Crippen LogP contribution is 2.31. The van der Waals surface area contributed by atoms with Gasteiger partial charge in [-0.25, -0.2) is 0 Å². The summed E-state index contributed by atoms with van der Waals surface area (Å²) in [7, 11) is 0. The van der Waals surface area contributed by atoms with Crippen molar-refractivity contribution in [1.82, 2.24) is 0 Å². The van der Waals surface area contributed by atoms with Crippen molar-refractivity contribution in [3.8, 4) is 0 Å². The van der Waals surface area contributed by atoms with Crippen molar-refractivity contribution in [2.75, 3.05) is 6.61 Å². The molecule has 5 aromatic carbocycles. The summed E-state index contributed by atoms with van der Waals surface area (Å²) >= 11 is 0. The first-order valence-electron chi connectivity index (χ1n) is 12.9. The Labute approximate surface area is 225 Å². The lowest BCUT2D eigenvalue weighted by Crippen LogP contribution is -2.45. The van der Waals surface area contributed by atoms with Gasteiger partial charge in [-0.1, -0.05) is 127 Å². The van der Waals surface area contributed by atoms with Gasteiger partial charge < -0.3 is 21.7 Å². The molecule has 0 bridgehead atoms. The number of hydrogen-bond acceptors (Lipinski definition) is 4. The molecule has 0 aliphatic heterocycles. The lowest BCUT2D eigenvalue weighted by Gasteiger charge is -2.35. The lowest BCUT2D eigenvalue weighted by molar-refractivity contribution is 0.0136. The fraction of sp³-hybridized carbons (Fsp3) is 0.176. The Bertz CT molecular complexity index is 1350. The average molecular weight is 505 g/mol. The minimum Gasteiger partial charge on any atom is -0.394 e. The fourth-order valence-corrected chi connectivity index (χ4v) is 4.70. The summed E-state index contributed by atoms with van der Waals surface area (Å²) in [6.07, 6.45) is 1.03. The number of benzene rings is 5. The van der Waals surface area contributed by atoms with Gasteiger partial charge in [0.1, 0.15) is 0 Å². The third-order valence-electron chi connectivity index (χ3n) is 6.84. The summed E-state index contributed by atoms with van der Waals surface area (Å²) in [6, 6.07) is 43.3. The normalized spacial score (nSPS) is 12.8. The first-order chi connectivity index (χ1) is 18.5. The second kappa shape index (κ2) is 13.1. The highest BCUT2D eigenvalue weighted by atomic mass is 16.3. The van der Waals surface area contributed by atoms with Crippen LogP contribution < -0.4 is 11.5 Å². The van der Waals surface area contributed by atoms with Crippen LogP contribution >= 0.6 is 0 Å². The largest absolute Gasteiger partial charge is 0.394 e.